The molecule has 0 aliphatic heterocycles. The smallest absolute Gasteiger partial charge is 0.308 e. The Morgan fingerprint density at radius 3 is 3.00 bits per heavy atom. The molecule has 14 heavy (non-hydrogen) atoms. The zero-order valence-electron chi connectivity index (χ0n) is 7.51. The Kier molecular flexibility index (Phi) is 2.37. The molecule has 0 atom stereocenters. The number of hydrogen-bond acceptors (Lipinski definition) is 3. The Bertz CT molecular complexity index is 524. The number of thiazole rings is 1. The maximum absolute atomic E-state index is 11.6. The number of allylic oxidation sites excluding steroid dienone is 1. The van der Waals surface area contributed by atoms with E-state index >= 15 is 0 Å². The van der Waals surface area contributed by atoms with E-state index in [2.05, 4.69) is 0 Å². The van der Waals surface area contributed by atoms with Gasteiger partial charge in [-0.25, -0.2) is 0 Å². The Morgan fingerprint density at radius 1 is 1.43 bits per heavy atom. The molecule has 2 N–H and O–H groups in total. The van der Waals surface area contributed by atoms with Gasteiger partial charge < -0.3 is 5.73 Å². The fourth-order valence-electron chi connectivity index (χ4n) is 1.35. The van der Waals surface area contributed by atoms with Gasteiger partial charge in [0.15, 0.2) is 0 Å². The fraction of sp³-hybridized carbons (Fsp3) is 0.100. The van der Waals surface area contributed by atoms with Crippen LogP contribution >= 0.6 is 11.3 Å². The molecule has 0 saturated heterocycles. The number of benzene rings is 1. The van der Waals surface area contributed by atoms with Gasteiger partial charge in [-0.15, -0.1) is 0 Å². The average Bonchev–Trinajstić information content (AvgIpc) is 2.51. The summed E-state index contributed by atoms with van der Waals surface area (Å²) in [7, 11) is 0. The Hall–Kier alpha value is -1.55. The first kappa shape index (κ1) is 9.02. The van der Waals surface area contributed by atoms with Crippen molar-refractivity contribution in [2.45, 2.75) is 6.54 Å². The third-order valence-electron chi connectivity index (χ3n) is 2.00. The van der Waals surface area contributed by atoms with Crippen LogP contribution < -0.4 is 10.6 Å². The van der Waals surface area contributed by atoms with E-state index in [1.807, 2.05) is 24.3 Å². The standard InChI is InChI=1S/C10H10N2OS/c11-6-3-7-12-8-4-1-2-5-9(8)14-10(12)13/h1-6H,7,11H2. The average molecular weight is 206 g/mol. The lowest BCUT2D eigenvalue weighted by atomic mass is 10.3. The van der Waals surface area contributed by atoms with Gasteiger partial charge in [0.05, 0.1) is 10.2 Å². The summed E-state index contributed by atoms with van der Waals surface area (Å²) >= 11 is 1.26. The van der Waals surface area contributed by atoms with Gasteiger partial charge in [-0.05, 0) is 24.4 Å². The second-order valence-electron chi connectivity index (χ2n) is 2.87. The van der Waals surface area contributed by atoms with E-state index in [4.69, 9.17) is 5.73 Å². The number of fused-ring (bicyclic) bond motifs is 1. The topological polar surface area (TPSA) is 48.0 Å². The Labute approximate surface area is 85.1 Å². The lowest BCUT2D eigenvalue weighted by Crippen LogP contribution is -2.11. The first-order chi connectivity index (χ1) is 6.83. The van der Waals surface area contributed by atoms with E-state index in [0.29, 0.717) is 6.54 Å². The van der Waals surface area contributed by atoms with Crippen LogP contribution in [0.2, 0.25) is 0 Å². The largest absolute Gasteiger partial charge is 0.405 e. The molecule has 1 aromatic heterocycles. The normalized spacial score (nSPS) is 11.4. The molecule has 4 heteroatoms. The second-order valence-corrected chi connectivity index (χ2v) is 3.87. The zero-order chi connectivity index (χ0) is 9.97. The first-order valence-corrected chi connectivity index (χ1v) is 5.09. The number of nitrogens with zero attached hydrogens (tertiary/aromatic N) is 1. The van der Waals surface area contributed by atoms with Crippen LogP contribution in [-0.4, -0.2) is 4.57 Å². The van der Waals surface area contributed by atoms with Gasteiger partial charge in [0, 0.05) is 6.54 Å². The van der Waals surface area contributed by atoms with Crippen molar-refractivity contribution < 1.29 is 0 Å². The molecule has 0 spiro atoms. The molecule has 0 radical (unpaired) electrons. The summed E-state index contributed by atoms with van der Waals surface area (Å²) in [5, 5.41) is 0. The molecule has 0 fully saturated rings. The summed E-state index contributed by atoms with van der Waals surface area (Å²) in [4.78, 5) is 11.6. The van der Waals surface area contributed by atoms with E-state index < -0.39 is 0 Å². The minimum atomic E-state index is 0.0595. The number of nitrogens with two attached hydrogens (primary N) is 1. The van der Waals surface area contributed by atoms with Gasteiger partial charge in [-0.1, -0.05) is 23.5 Å². The van der Waals surface area contributed by atoms with Crippen LogP contribution in [0.4, 0.5) is 0 Å². The molecule has 2 aromatic rings. The van der Waals surface area contributed by atoms with Crippen LogP contribution in [0, 0.1) is 0 Å². The molecule has 0 amide bonds. The predicted octanol–water partition coefficient (Wildman–Crippen LogP) is 1.54. The Balaban J connectivity index is 2.62. The fourth-order valence-corrected chi connectivity index (χ4v) is 2.25. The van der Waals surface area contributed by atoms with Crippen molar-refractivity contribution in [1.29, 1.82) is 0 Å². The quantitative estimate of drug-likeness (QED) is 0.810. The van der Waals surface area contributed by atoms with E-state index in [9.17, 15) is 4.79 Å². The van der Waals surface area contributed by atoms with Crippen molar-refractivity contribution in [2.24, 2.45) is 5.73 Å². The van der Waals surface area contributed by atoms with E-state index in [1.54, 1.807) is 10.6 Å². The summed E-state index contributed by atoms with van der Waals surface area (Å²) in [6, 6.07) is 7.75. The SMILES string of the molecule is NC=CCn1c(=O)sc2ccccc21. The van der Waals surface area contributed by atoms with Crippen LogP contribution in [0.5, 0.6) is 0 Å². The molecular weight excluding hydrogens is 196 g/mol. The Morgan fingerprint density at radius 2 is 2.21 bits per heavy atom. The molecule has 1 heterocycles. The van der Waals surface area contributed by atoms with Gasteiger partial charge in [-0.2, -0.15) is 0 Å². The number of para-hydroxylation sites is 1. The lowest BCUT2D eigenvalue weighted by Gasteiger charge is -1.97. The molecule has 1 aromatic carbocycles. The molecule has 72 valence electrons. The highest BCUT2D eigenvalue weighted by Gasteiger charge is 2.03. The zero-order valence-corrected chi connectivity index (χ0v) is 8.33. The minimum Gasteiger partial charge on any atom is -0.405 e. The third-order valence-corrected chi connectivity index (χ3v) is 2.96. The van der Waals surface area contributed by atoms with Gasteiger partial charge >= 0.3 is 4.87 Å². The molecule has 0 unspecified atom stereocenters. The summed E-state index contributed by atoms with van der Waals surface area (Å²) in [5.74, 6) is 0. The van der Waals surface area contributed by atoms with Crippen LogP contribution in [0.15, 0.2) is 41.3 Å². The molecule has 0 saturated carbocycles. The van der Waals surface area contributed by atoms with Crippen LogP contribution in [-0.2, 0) is 6.54 Å². The minimum absolute atomic E-state index is 0.0595. The number of hydrogen-bond donors (Lipinski definition) is 1. The van der Waals surface area contributed by atoms with E-state index in [-0.39, 0.29) is 4.87 Å². The highest BCUT2D eigenvalue weighted by molar-refractivity contribution is 7.16. The lowest BCUT2D eigenvalue weighted by molar-refractivity contribution is 0.838. The summed E-state index contributed by atoms with van der Waals surface area (Å²) in [6.45, 7) is 0.541. The summed E-state index contributed by atoms with van der Waals surface area (Å²) in [6.07, 6.45) is 3.22. The maximum Gasteiger partial charge on any atom is 0.308 e. The number of rotatable bonds is 2. The van der Waals surface area contributed by atoms with Crippen molar-refractivity contribution in [3.8, 4) is 0 Å². The van der Waals surface area contributed by atoms with E-state index in [0.717, 1.165) is 10.2 Å². The van der Waals surface area contributed by atoms with Crippen LogP contribution in [0.1, 0.15) is 0 Å². The van der Waals surface area contributed by atoms with Crippen molar-refractivity contribution in [2.75, 3.05) is 0 Å². The predicted molar refractivity (Wildman–Crippen MR) is 59.4 cm³/mol. The van der Waals surface area contributed by atoms with Gasteiger partial charge in [0.1, 0.15) is 0 Å². The highest BCUT2D eigenvalue weighted by atomic mass is 32.1. The highest BCUT2D eigenvalue weighted by Crippen LogP contribution is 2.15. The maximum atomic E-state index is 11.6. The number of aromatic nitrogens is 1. The van der Waals surface area contributed by atoms with Gasteiger partial charge in [0.25, 0.3) is 0 Å². The monoisotopic (exact) mass is 206 g/mol. The molecule has 2 rings (SSSR count). The molecule has 0 aliphatic carbocycles. The van der Waals surface area contributed by atoms with Crippen molar-refractivity contribution in [3.63, 3.8) is 0 Å². The van der Waals surface area contributed by atoms with E-state index in [1.165, 1.54) is 17.5 Å². The van der Waals surface area contributed by atoms with Crippen molar-refractivity contribution in [1.82, 2.24) is 4.57 Å². The molecule has 0 bridgehead atoms. The van der Waals surface area contributed by atoms with Crippen molar-refractivity contribution in [3.05, 3.63) is 46.2 Å². The molecule has 3 nitrogen and oxygen atoms in total. The van der Waals surface area contributed by atoms with Gasteiger partial charge in [0.2, 0.25) is 0 Å². The molecular formula is C10H10N2OS. The second kappa shape index (κ2) is 3.67. The third kappa shape index (κ3) is 1.44. The summed E-state index contributed by atoms with van der Waals surface area (Å²) < 4.78 is 2.73. The van der Waals surface area contributed by atoms with Crippen LogP contribution in [0.25, 0.3) is 10.2 Å². The summed E-state index contributed by atoms with van der Waals surface area (Å²) in [5.41, 5.74) is 6.22. The first-order valence-electron chi connectivity index (χ1n) is 4.28. The van der Waals surface area contributed by atoms with Gasteiger partial charge in [-0.3, -0.25) is 9.36 Å². The van der Waals surface area contributed by atoms with Crippen LogP contribution in [0.3, 0.4) is 0 Å². The molecule has 0 aliphatic rings. The van der Waals surface area contributed by atoms with Crippen molar-refractivity contribution >= 4 is 21.6 Å².